The van der Waals surface area contributed by atoms with Gasteiger partial charge in [-0.25, -0.2) is 4.39 Å². The molecule has 5 nitrogen and oxygen atoms in total. The van der Waals surface area contributed by atoms with E-state index in [0.29, 0.717) is 27.2 Å². The number of carbonyl (C=O) groups is 1. The van der Waals surface area contributed by atoms with E-state index in [1.807, 2.05) is 0 Å². The first-order valence-electron chi connectivity index (χ1n) is 7.34. The molecule has 25 heavy (non-hydrogen) atoms. The Bertz CT molecular complexity index is 897. The number of hydrogen-bond acceptors (Lipinski definition) is 4. The molecule has 1 aromatic heterocycles. The number of hydrogen-bond donors (Lipinski definition) is 1. The first-order chi connectivity index (χ1) is 12.0. The zero-order chi connectivity index (χ0) is 17.8. The molecule has 3 aromatic rings. The summed E-state index contributed by atoms with van der Waals surface area (Å²) in [7, 11) is 0. The summed E-state index contributed by atoms with van der Waals surface area (Å²) in [6.07, 6.45) is 0.437. The molecule has 2 aromatic carbocycles. The fraction of sp³-hybridized carbons (Fsp3) is 0.118. The molecular weight excluding hydrogens is 368 g/mol. The van der Waals surface area contributed by atoms with Gasteiger partial charge in [0, 0.05) is 24.1 Å². The lowest BCUT2D eigenvalue weighted by atomic mass is 10.2. The van der Waals surface area contributed by atoms with Gasteiger partial charge >= 0.3 is 0 Å². The number of aryl methyl sites for hydroxylation is 1. The van der Waals surface area contributed by atoms with Gasteiger partial charge in [-0.1, -0.05) is 23.2 Å². The molecule has 0 atom stereocenters. The summed E-state index contributed by atoms with van der Waals surface area (Å²) >= 11 is 11.7. The summed E-state index contributed by atoms with van der Waals surface area (Å²) < 4.78 is 18.4. The maximum atomic E-state index is 12.9. The third-order valence-electron chi connectivity index (χ3n) is 3.33. The number of anilines is 1. The highest BCUT2D eigenvalue weighted by molar-refractivity contribution is 6.42. The quantitative estimate of drug-likeness (QED) is 0.694. The standard InChI is InChI=1S/C17H12Cl2FN3O2/c18-13-6-5-12(9-14(13)19)21-15(24)7-8-16-22-23-17(25-16)10-1-3-11(20)4-2-10/h1-6,9H,7-8H2,(H,21,24). The van der Waals surface area contributed by atoms with Crippen LogP contribution < -0.4 is 5.32 Å². The van der Waals surface area contributed by atoms with Crippen molar-refractivity contribution in [2.45, 2.75) is 12.8 Å². The van der Waals surface area contributed by atoms with Crippen LogP contribution >= 0.6 is 23.2 Å². The summed E-state index contributed by atoms with van der Waals surface area (Å²) in [4.78, 5) is 12.0. The molecule has 0 spiro atoms. The lowest BCUT2D eigenvalue weighted by Crippen LogP contribution is -2.12. The number of aromatic nitrogens is 2. The van der Waals surface area contributed by atoms with E-state index in [0.717, 1.165) is 0 Å². The Labute approximate surface area is 152 Å². The summed E-state index contributed by atoms with van der Waals surface area (Å²) in [6.45, 7) is 0. The number of amides is 1. The van der Waals surface area contributed by atoms with E-state index in [1.54, 1.807) is 30.3 Å². The zero-order valence-electron chi connectivity index (χ0n) is 12.8. The van der Waals surface area contributed by atoms with E-state index in [4.69, 9.17) is 27.6 Å². The molecule has 1 amide bonds. The molecule has 0 saturated carbocycles. The number of carbonyl (C=O) groups excluding carboxylic acids is 1. The van der Waals surface area contributed by atoms with Gasteiger partial charge in [0.1, 0.15) is 5.82 Å². The Morgan fingerprint density at radius 2 is 1.84 bits per heavy atom. The van der Waals surface area contributed by atoms with Crippen molar-refractivity contribution in [2.75, 3.05) is 5.32 Å². The van der Waals surface area contributed by atoms with Crippen molar-refractivity contribution in [3.63, 3.8) is 0 Å². The van der Waals surface area contributed by atoms with Crippen molar-refractivity contribution in [2.24, 2.45) is 0 Å². The summed E-state index contributed by atoms with van der Waals surface area (Å²) in [6, 6.07) is 10.5. The van der Waals surface area contributed by atoms with Gasteiger partial charge in [0.25, 0.3) is 0 Å². The van der Waals surface area contributed by atoms with Crippen LogP contribution in [0.3, 0.4) is 0 Å². The van der Waals surface area contributed by atoms with Crippen molar-refractivity contribution < 1.29 is 13.6 Å². The fourth-order valence-electron chi connectivity index (χ4n) is 2.08. The van der Waals surface area contributed by atoms with Gasteiger partial charge in [0.2, 0.25) is 17.7 Å². The Balaban J connectivity index is 1.57. The summed E-state index contributed by atoms with van der Waals surface area (Å²) in [5.74, 6) is 0.0332. The van der Waals surface area contributed by atoms with Gasteiger partial charge < -0.3 is 9.73 Å². The van der Waals surface area contributed by atoms with E-state index in [9.17, 15) is 9.18 Å². The van der Waals surface area contributed by atoms with Gasteiger partial charge in [0.15, 0.2) is 0 Å². The number of rotatable bonds is 5. The predicted molar refractivity (Wildman–Crippen MR) is 93.1 cm³/mol. The molecule has 0 radical (unpaired) electrons. The Morgan fingerprint density at radius 3 is 2.56 bits per heavy atom. The molecule has 8 heteroatoms. The third kappa shape index (κ3) is 4.55. The van der Waals surface area contributed by atoms with E-state index in [-0.39, 0.29) is 30.5 Å². The van der Waals surface area contributed by atoms with Gasteiger partial charge in [-0.05, 0) is 42.5 Å². The first-order valence-corrected chi connectivity index (χ1v) is 8.10. The van der Waals surface area contributed by atoms with Gasteiger partial charge in [-0.3, -0.25) is 4.79 Å². The van der Waals surface area contributed by atoms with Crippen LogP contribution in [-0.2, 0) is 11.2 Å². The van der Waals surface area contributed by atoms with Crippen LogP contribution in [0.5, 0.6) is 0 Å². The normalized spacial score (nSPS) is 10.7. The first kappa shape index (κ1) is 17.4. The molecular formula is C17H12Cl2FN3O2. The van der Waals surface area contributed by atoms with Gasteiger partial charge in [0.05, 0.1) is 10.0 Å². The lowest BCUT2D eigenvalue weighted by molar-refractivity contribution is -0.116. The highest BCUT2D eigenvalue weighted by Gasteiger charge is 2.11. The monoisotopic (exact) mass is 379 g/mol. The van der Waals surface area contributed by atoms with Crippen molar-refractivity contribution in [1.82, 2.24) is 10.2 Å². The average molecular weight is 380 g/mol. The summed E-state index contributed by atoms with van der Waals surface area (Å²) in [5.41, 5.74) is 1.16. The van der Waals surface area contributed by atoms with Crippen molar-refractivity contribution >= 4 is 34.8 Å². The van der Waals surface area contributed by atoms with Crippen molar-refractivity contribution in [3.05, 3.63) is 64.2 Å². The van der Waals surface area contributed by atoms with Crippen LogP contribution in [0, 0.1) is 5.82 Å². The van der Waals surface area contributed by atoms with E-state index in [1.165, 1.54) is 12.1 Å². The molecule has 0 saturated heterocycles. The van der Waals surface area contributed by atoms with Gasteiger partial charge in [-0.15, -0.1) is 10.2 Å². The number of benzene rings is 2. The highest BCUT2D eigenvalue weighted by atomic mass is 35.5. The maximum absolute atomic E-state index is 12.9. The molecule has 0 aliphatic heterocycles. The molecule has 128 valence electrons. The van der Waals surface area contributed by atoms with Crippen LogP contribution in [0.25, 0.3) is 11.5 Å². The zero-order valence-corrected chi connectivity index (χ0v) is 14.3. The molecule has 0 unspecified atom stereocenters. The third-order valence-corrected chi connectivity index (χ3v) is 4.07. The Morgan fingerprint density at radius 1 is 1.08 bits per heavy atom. The Kier molecular flexibility index (Phi) is 5.31. The van der Waals surface area contributed by atoms with Crippen LogP contribution in [0.1, 0.15) is 12.3 Å². The Hall–Kier alpha value is -2.44. The number of nitrogens with one attached hydrogen (secondary N) is 1. The van der Waals surface area contributed by atoms with Crippen LogP contribution in [0.15, 0.2) is 46.9 Å². The second-order valence-electron chi connectivity index (χ2n) is 5.18. The second-order valence-corrected chi connectivity index (χ2v) is 6.00. The van der Waals surface area contributed by atoms with Gasteiger partial charge in [-0.2, -0.15) is 0 Å². The van der Waals surface area contributed by atoms with Crippen LogP contribution in [-0.4, -0.2) is 16.1 Å². The number of nitrogens with zero attached hydrogens (tertiary/aromatic N) is 2. The van der Waals surface area contributed by atoms with Crippen molar-refractivity contribution in [1.29, 1.82) is 0 Å². The largest absolute Gasteiger partial charge is 0.421 e. The average Bonchev–Trinajstić information content (AvgIpc) is 3.06. The fourth-order valence-corrected chi connectivity index (χ4v) is 2.38. The number of halogens is 3. The highest BCUT2D eigenvalue weighted by Crippen LogP contribution is 2.25. The molecule has 0 aliphatic carbocycles. The lowest BCUT2D eigenvalue weighted by Gasteiger charge is -2.05. The summed E-state index contributed by atoms with van der Waals surface area (Å²) in [5, 5.41) is 11.3. The van der Waals surface area contributed by atoms with E-state index >= 15 is 0 Å². The molecule has 0 aliphatic rings. The predicted octanol–water partition coefficient (Wildman–Crippen LogP) is 4.75. The minimum atomic E-state index is -0.345. The molecule has 1 heterocycles. The SMILES string of the molecule is O=C(CCc1nnc(-c2ccc(F)cc2)o1)Nc1ccc(Cl)c(Cl)c1. The smallest absolute Gasteiger partial charge is 0.247 e. The van der Waals surface area contributed by atoms with Crippen LogP contribution in [0.4, 0.5) is 10.1 Å². The topological polar surface area (TPSA) is 68.0 Å². The van der Waals surface area contributed by atoms with E-state index in [2.05, 4.69) is 15.5 Å². The van der Waals surface area contributed by atoms with Crippen molar-refractivity contribution in [3.8, 4) is 11.5 Å². The van der Waals surface area contributed by atoms with Crippen LogP contribution in [0.2, 0.25) is 10.0 Å². The minimum Gasteiger partial charge on any atom is -0.421 e. The molecule has 0 bridgehead atoms. The maximum Gasteiger partial charge on any atom is 0.247 e. The van der Waals surface area contributed by atoms with E-state index < -0.39 is 0 Å². The minimum absolute atomic E-state index is 0.158. The molecule has 0 fully saturated rings. The molecule has 3 rings (SSSR count). The second kappa shape index (κ2) is 7.63. The molecule has 1 N–H and O–H groups in total.